The summed E-state index contributed by atoms with van der Waals surface area (Å²) in [7, 11) is 0. The number of nitrogens with one attached hydrogen (secondary N) is 2. The second-order valence-electron chi connectivity index (χ2n) is 5.28. The third kappa shape index (κ3) is 2.56. The zero-order chi connectivity index (χ0) is 12.2. The first kappa shape index (κ1) is 11.7. The van der Waals surface area contributed by atoms with E-state index in [1.165, 1.54) is 49.5 Å². The summed E-state index contributed by atoms with van der Waals surface area (Å²) >= 11 is 0. The molecule has 0 radical (unpaired) electrons. The lowest BCUT2D eigenvalue weighted by atomic mass is 10.1. The number of rotatable bonds is 3. The van der Waals surface area contributed by atoms with E-state index in [9.17, 15) is 0 Å². The van der Waals surface area contributed by atoms with Crippen molar-refractivity contribution in [3.05, 3.63) is 30.1 Å². The van der Waals surface area contributed by atoms with Gasteiger partial charge in [-0.05, 0) is 30.5 Å². The number of hydrogen-bond donors (Lipinski definition) is 2. The van der Waals surface area contributed by atoms with Crippen LogP contribution in [0.3, 0.4) is 0 Å². The van der Waals surface area contributed by atoms with Crippen LogP contribution in [0.15, 0.2) is 24.5 Å². The Hall–Kier alpha value is -1.35. The summed E-state index contributed by atoms with van der Waals surface area (Å²) in [6.07, 6.45) is 12.2. The molecule has 3 heteroatoms. The maximum absolute atomic E-state index is 4.33. The molecule has 1 saturated carbocycles. The lowest BCUT2D eigenvalue weighted by Crippen LogP contribution is -2.27. The molecule has 0 aliphatic heterocycles. The SMILES string of the molecule is c1cnc2[nH]cc(CNC3CCCCCC3)c2c1. The molecule has 3 nitrogen and oxygen atoms in total. The van der Waals surface area contributed by atoms with Crippen molar-refractivity contribution in [1.29, 1.82) is 0 Å². The first-order chi connectivity index (χ1) is 8.93. The largest absolute Gasteiger partial charge is 0.346 e. The first-order valence-electron chi connectivity index (χ1n) is 7.08. The lowest BCUT2D eigenvalue weighted by molar-refractivity contribution is 0.460. The average Bonchev–Trinajstić information content (AvgIpc) is 2.64. The van der Waals surface area contributed by atoms with Gasteiger partial charge in [-0.2, -0.15) is 0 Å². The molecule has 2 aromatic rings. The van der Waals surface area contributed by atoms with Crippen molar-refractivity contribution >= 4 is 11.0 Å². The minimum Gasteiger partial charge on any atom is -0.346 e. The summed E-state index contributed by atoms with van der Waals surface area (Å²) in [5.74, 6) is 0. The van der Waals surface area contributed by atoms with Crippen LogP contribution in [-0.2, 0) is 6.54 Å². The topological polar surface area (TPSA) is 40.7 Å². The van der Waals surface area contributed by atoms with Crippen LogP contribution in [0.1, 0.15) is 44.1 Å². The van der Waals surface area contributed by atoms with Gasteiger partial charge in [0.05, 0.1) is 0 Å². The summed E-state index contributed by atoms with van der Waals surface area (Å²) in [5.41, 5.74) is 2.33. The fraction of sp³-hybridized carbons (Fsp3) is 0.533. The van der Waals surface area contributed by atoms with Gasteiger partial charge in [-0.25, -0.2) is 4.98 Å². The molecule has 1 aliphatic carbocycles. The van der Waals surface area contributed by atoms with Crippen molar-refractivity contribution in [2.24, 2.45) is 0 Å². The van der Waals surface area contributed by atoms with Crippen LogP contribution in [0.2, 0.25) is 0 Å². The van der Waals surface area contributed by atoms with E-state index in [4.69, 9.17) is 0 Å². The molecule has 0 saturated heterocycles. The molecule has 0 aromatic carbocycles. The smallest absolute Gasteiger partial charge is 0.137 e. The molecule has 2 heterocycles. The zero-order valence-corrected chi connectivity index (χ0v) is 10.8. The van der Waals surface area contributed by atoms with Gasteiger partial charge >= 0.3 is 0 Å². The average molecular weight is 243 g/mol. The number of aromatic amines is 1. The Kier molecular flexibility index (Phi) is 3.60. The highest BCUT2D eigenvalue weighted by molar-refractivity contribution is 5.79. The van der Waals surface area contributed by atoms with Crippen molar-refractivity contribution < 1.29 is 0 Å². The molecule has 3 rings (SSSR count). The van der Waals surface area contributed by atoms with Crippen LogP contribution < -0.4 is 5.32 Å². The maximum Gasteiger partial charge on any atom is 0.137 e. The van der Waals surface area contributed by atoms with E-state index in [2.05, 4.69) is 27.5 Å². The standard InChI is InChI=1S/C15H21N3/c1-2-4-7-13(6-3-1)17-10-12-11-18-15-14(12)8-5-9-16-15/h5,8-9,11,13,17H,1-4,6-7,10H2,(H,16,18). The van der Waals surface area contributed by atoms with E-state index < -0.39 is 0 Å². The van der Waals surface area contributed by atoms with Crippen LogP contribution in [0.4, 0.5) is 0 Å². The predicted molar refractivity (Wildman–Crippen MR) is 74.4 cm³/mol. The second-order valence-corrected chi connectivity index (χ2v) is 5.28. The van der Waals surface area contributed by atoms with Crippen LogP contribution >= 0.6 is 0 Å². The fourth-order valence-corrected chi connectivity index (χ4v) is 2.90. The van der Waals surface area contributed by atoms with E-state index in [0.29, 0.717) is 6.04 Å². The number of H-pyrrole nitrogens is 1. The van der Waals surface area contributed by atoms with Gasteiger partial charge in [0.1, 0.15) is 5.65 Å². The molecule has 2 N–H and O–H groups in total. The van der Waals surface area contributed by atoms with E-state index in [0.717, 1.165) is 12.2 Å². The third-order valence-electron chi connectivity index (χ3n) is 3.97. The van der Waals surface area contributed by atoms with Gasteiger partial charge in [0.15, 0.2) is 0 Å². The van der Waals surface area contributed by atoms with E-state index in [-0.39, 0.29) is 0 Å². The van der Waals surface area contributed by atoms with Gasteiger partial charge in [0, 0.05) is 30.4 Å². The molecule has 1 fully saturated rings. The Morgan fingerprint density at radius 3 is 2.89 bits per heavy atom. The Bertz CT molecular complexity index is 495. The molecular weight excluding hydrogens is 222 g/mol. The summed E-state index contributed by atoms with van der Waals surface area (Å²) in [6, 6.07) is 4.85. The van der Waals surface area contributed by atoms with Crippen molar-refractivity contribution in [3.8, 4) is 0 Å². The van der Waals surface area contributed by atoms with Crippen molar-refractivity contribution in [3.63, 3.8) is 0 Å². The van der Waals surface area contributed by atoms with Crippen LogP contribution in [0.25, 0.3) is 11.0 Å². The van der Waals surface area contributed by atoms with Crippen molar-refractivity contribution in [1.82, 2.24) is 15.3 Å². The highest BCUT2D eigenvalue weighted by atomic mass is 14.9. The van der Waals surface area contributed by atoms with Gasteiger partial charge in [0.25, 0.3) is 0 Å². The molecule has 1 aliphatic rings. The quantitative estimate of drug-likeness (QED) is 0.811. The number of hydrogen-bond acceptors (Lipinski definition) is 2. The maximum atomic E-state index is 4.33. The number of nitrogens with zero attached hydrogens (tertiary/aromatic N) is 1. The Labute approximate surface area is 108 Å². The zero-order valence-electron chi connectivity index (χ0n) is 10.8. The Morgan fingerprint density at radius 2 is 2.06 bits per heavy atom. The van der Waals surface area contributed by atoms with E-state index >= 15 is 0 Å². The normalized spacial score (nSPS) is 18.0. The highest BCUT2D eigenvalue weighted by Crippen LogP contribution is 2.19. The van der Waals surface area contributed by atoms with Crippen molar-refractivity contribution in [2.45, 2.75) is 51.1 Å². The monoisotopic (exact) mass is 243 g/mol. The first-order valence-corrected chi connectivity index (χ1v) is 7.08. The number of aromatic nitrogens is 2. The molecule has 0 atom stereocenters. The predicted octanol–water partition coefficient (Wildman–Crippen LogP) is 3.38. The molecule has 0 bridgehead atoms. The fourth-order valence-electron chi connectivity index (χ4n) is 2.90. The van der Waals surface area contributed by atoms with Gasteiger partial charge < -0.3 is 10.3 Å². The Morgan fingerprint density at radius 1 is 1.22 bits per heavy atom. The van der Waals surface area contributed by atoms with E-state index in [1.54, 1.807) is 0 Å². The summed E-state index contributed by atoms with van der Waals surface area (Å²) in [4.78, 5) is 7.57. The second kappa shape index (κ2) is 5.53. The van der Waals surface area contributed by atoms with Gasteiger partial charge in [-0.3, -0.25) is 0 Å². The van der Waals surface area contributed by atoms with Gasteiger partial charge in [-0.1, -0.05) is 25.7 Å². The van der Waals surface area contributed by atoms with Crippen LogP contribution in [0.5, 0.6) is 0 Å². The molecule has 18 heavy (non-hydrogen) atoms. The molecule has 2 aromatic heterocycles. The van der Waals surface area contributed by atoms with Gasteiger partial charge in [0.2, 0.25) is 0 Å². The molecular formula is C15H21N3. The summed E-state index contributed by atoms with van der Waals surface area (Å²) in [6.45, 7) is 0.955. The summed E-state index contributed by atoms with van der Waals surface area (Å²) < 4.78 is 0. The summed E-state index contributed by atoms with van der Waals surface area (Å²) in [5, 5.41) is 4.96. The van der Waals surface area contributed by atoms with E-state index in [1.807, 2.05) is 12.3 Å². The lowest BCUT2D eigenvalue weighted by Gasteiger charge is -2.15. The molecule has 0 unspecified atom stereocenters. The molecule has 0 spiro atoms. The highest BCUT2D eigenvalue weighted by Gasteiger charge is 2.12. The minimum absolute atomic E-state index is 0.703. The number of fused-ring (bicyclic) bond motifs is 1. The van der Waals surface area contributed by atoms with Crippen molar-refractivity contribution in [2.75, 3.05) is 0 Å². The van der Waals surface area contributed by atoms with Crippen LogP contribution in [0, 0.1) is 0 Å². The number of pyridine rings is 1. The Balaban J connectivity index is 1.65. The minimum atomic E-state index is 0.703. The van der Waals surface area contributed by atoms with Gasteiger partial charge in [-0.15, -0.1) is 0 Å². The molecule has 0 amide bonds. The van der Waals surface area contributed by atoms with Crippen LogP contribution in [-0.4, -0.2) is 16.0 Å². The molecule has 96 valence electrons. The third-order valence-corrected chi connectivity index (χ3v) is 3.97.